The van der Waals surface area contributed by atoms with Crippen molar-refractivity contribution in [1.29, 1.82) is 0 Å². The molecule has 0 unspecified atom stereocenters. The average Bonchev–Trinajstić information content (AvgIpc) is 3.32. The first-order chi connectivity index (χ1) is 12.3. The van der Waals surface area contributed by atoms with Crippen LogP contribution in [0.15, 0.2) is 115 Å². The van der Waals surface area contributed by atoms with Crippen molar-refractivity contribution < 1.29 is 50.7 Å². The smallest absolute Gasteiger partial charge is 0 e. The Kier molecular flexibility index (Phi) is 13.2. The Balaban J connectivity index is 0.000000374. The van der Waals surface area contributed by atoms with E-state index in [9.17, 15) is 0 Å². The fourth-order valence-electron chi connectivity index (χ4n) is 2.58. The number of hydrogen-bond donors (Lipinski definition) is 0. The summed E-state index contributed by atoms with van der Waals surface area (Å²) in [6, 6.07) is 38.4. The summed E-state index contributed by atoms with van der Waals surface area (Å²) < 4.78 is 0. The van der Waals surface area contributed by atoms with Gasteiger partial charge in [0, 0.05) is 25.8 Å². The molecule has 0 bridgehead atoms. The third-order valence-corrected chi connectivity index (χ3v) is 3.87. The van der Waals surface area contributed by atoms with Crippen molar-refractivity contribution in [2.24, 2.45) is 0 Å². The number of fused-ring (bicyclic) bond motifs is 2. The van der Waals surface area contributed by atoms with Crippen LogP contribution in [0.4, 0.5) is 5.69 Å². The van der Waals surface area contributed by atoms with Crippen LogP contribution in [0, 0.1) is 0 Å². The quantitative estimate of drug-likeness (QED) is 0.199. The van der Waals surface area contributed by atoms with Gasteiger partial charge in [0.25, 0.3) is 0 Å². The third-order valence-electron chi connectivity index (χ3n) is 3.87. The Morgan fingerprint density at radius 3 is 1.25 bits per heavy atom. The molecule has 0 aliphatic heterocycles. The zero-order chi connectivity index (χ0) is 17.3. The van der Waals surface area contributed by atoms with Gasteiger partial charge in [0.1, 0.15) is 0 Å². The van der Waals surface area contributed by atoms with E-state index in [2.05, 4.69) is 84.9 Å². The Bertz CT molecular complexity index is 896. The van der Waals surface area contributed by atoms with Crippen LogP contribution in [0.2, 0.25) is 0 Å². The van der Waals surface area contributed by atoms with Crippen molar-refractivity contribution in [2.45, 2.75) is 0 Å². The van der Waals surface area contributed by atoms with Crippen LogP contribution in [0.3, 0.4) is 0 Å². The zero-order valence-electron chi connectivity index (χ0n) is 15.2. The number of nitrogens with one attached hydrogen (secondary N) is 1. The van der Waals surface area contributed by atoms with Crippen molar-refractivity contribution >= 4 is 27.2 Å². The van der Waals surface area contributed by atoms with Crippen LogP contribution >= 0.6 is 0 Å². The molecule has 0 fully saturated rings. The standard InChI is InChI=1S/2C9H7.C6H6N.2ClH.Hf/c2*1-2-5-9-7-3-6-8(9)4-1;7-6-4-2-1-3-5-6;;;/h2*1-7H;1-5,7H;2*1H;/q3*-1;;;/p-2. The van der Waals surface area contributed by atoms with Gasteiger partial charge in [0.2, 0.25) is 0 Å². The summed E-state index contributed by atoms with van der Waals surface area (Å²) in [5.41, 5.74) is 7.57. The first kappa shape index (κ1) is 26.1. The van der Waals surface area contributed by atoms with E-state index in [0.717, 1.165) is 0 Å². The summed E-state index contributed by atoms with van der Waals surface area (Å²) in [5, 5.41) is 5.32. The van der Waals surface area contributed by atoms with E-state index in [1.54, 1.807) is 12.1 Å². The minimum Gasteiger partial charge on any atom is -1.00 e. The van der Waals surface area contributed by atoms with Gasteiger partial charge in [-0.2, -0.15) is 35.0 Å². The minimum absolute atomic E-state index is 0. The molecular formula is C24H20Cl2HfN-5. The minimum atomic E-state index is 0. The van der Waals surface area contributed by atoms with Crippen LogP contribution in [0.25, 0.3) is 27.3 Å². The maximum atomic E-state index is 7.00. The molecule has 0 aliphatic rings. The summed E-state index contributed by atoms with van der Waals surface area (Å²) in [5.74, 6) is 0. The van der Waals surface area contributed by atoms with Crippen LogP contribution in [-0.2, 0) is 25.8 Å². The van der Waals surface area contributed by atoms with Crippen LogP contribution in [0.5, 0.6) is 0 Å². The van der Waals surface area contributed by atoms with E-state index < -0.39 is 0 Å². The molecule has 0 radical (unpaired) electrons. The Hall–Kier alpha value is -1.87. The van der Waals surface area contributed by atoms with Gasteiger partial charge in [-0.15, -0.1) is 65.0 Å². The summed E-state index contributed by atoms with van der Waals surface area (Å²) in [4.78, 5) is 0. The summed E-state index contributed by atoms with van der Waals surface area (Å²) in [7, 11) is 0. The largest absolute Gasteiger partial charge is 1.00 e. The molecule has 0 aromatic heterocycles. The van der Waals surface area contributed by atoms with E-state index in [1.807, 2.05) is 18.2 Å². The van der Waals surface area contributed by atoms with Gasteiger partial charge in [-0.25, -0.2) is 0 Å². The molecule has 0 amide bonds. The topological polar surface area (TPSA) is 23.8 Å². The molecule has 5 rings (SSSR count). The van der Waals surface area contributed by atoms with E-state index in [4.69, 9.17) is 5.73 Å². The summed E-state index contributed by atoms with van der Waals surface area (Å²) in [6.45, 7) is 0. The maximum absolute atomic E-state index is 7.00. The van der Waals surface area contributed by atoms with Gasteiger partial charge in [0.05, 0.1) is 0 Å². The van der Waals surface area contributed by atoms with Crippen molar-refractivity contribution in [3.05, 3.63) is 121 Å². The molecule has 1 N–H and O–H groups in total. The Labute approximate surface area is 197 Å². The number of halogens is 2. The summed E-state index contributed by atoms with van der Waals surface area (Å²) >= 11 is 0. The SMILES string of the molecule is [Cl-].[Cl-].[Hf].[NH-]c1ccccc1.c1ccc2[cH-]ccc2c1.c1ccc2[cH-]ccc2c1. The first-order valence-electron chi connectivity index (χ1n) is 8.30. The third kappa shape index (κ3) is 8.02. The fraction of sp³-hybridized carbons (Fsp3) is 0. The van der Waals surface area contributed by atoms with Crippen molar-refractivity contribution in [3.8, 4) is 0 Å². The Morgan fingerprint density at radius 2 is 0.893 bits per heavy atom. The number of benzene rings is 3. The molecule has 0 atom stereocenters. The molecule has 0 heterocycles. The predicted octanol–water partition coefficient (Wildman–Crippen LogP) is 1.49. The molecule has 0 aliphatic carbocycles. The second-order valence-electron chi connectivity index (χ2n) is 5.68. The zero-order valence-corrected chi connectivity index (χ0v) is 20.3. The molecule has 5 aromatic carbocycles. The first-order valence-corrected chi connectivity index (χ1v) is 8.30. The van der Waals surface area contributed by atoms with E-state index in [1.165, 1.54) is 21.5 Å². The maximum Gasteiger partial charge on any atom is 0 e. The molecule has 1 nitrogen and oxygen atoms in total. The van der Waals surface area contributed by atoms with Crippen LogP contribution in [0.1, 0.15) is 0 Å². The predicted molar refractivity (Wildman–Crippen MR) is 110 cm³/mol. The molecule has 0 spiro atoms. The normalized spacial score (nSPS) is 8.71. The monoisotopic (exact) mass is 572 g/mol. The van der Waals surface area contributed by atoms with Gasteiger partial charge >= 0.3 is 0 Å². The number of hydrogen-bond acceptors (Lipinski definition) is 0. The molecular weight excluding hydrogens is 552 g/mol. The van der Waals surface area contributed by atoms with E-state index in [0.29, 0.717) is 5.69 Å². The van der Waals surface area contributed by atoms with Crippen molar-refractivity contribution in [1.82, 2.24) is 0 Å². The molecule has 0 saturated heterocycles. The second-order valence-corrected chi connectivity index (χ2v) is 5.68. The van der Waals surface area contributed by atoms with Crippen LogP contribution < -0.4 is 24.8 Å². The Morgan fingerprint density at radius 1 is 0.500 bits per heavy atom. The van der Waals surface area contributed by atoms with E-state index in [-0.39, 0.29) is 50.7 Å². The average molecular weight is 572 g/mol. The van der Waals surface area contributed by atoms with Crippen molar-refractivity contribution in [3.63, 3.8) is 0 Å². The summed E-state index contributed by atoms with van der Waals surface area (Å²) in [6.07, 6.45) is 0. The van der Waals surface area contributed by atoms with Gasteiger partial charge in [-0.1, -0.05) is 42.5 Å². The van der Waals surface area contributed by atoms with Crippen LogP contribution in [-0.4, -0.2) is 0 Å². The molecule has 144 valence electrons. The number of rotatable bonds is 0. The fourth-order valence-corrected chi connectivity index (χ4v) is 2.58. The van der Waals surface area contributed by atoms with Gasteiger partial charge in [-0.3, -0.25) is 0 Å². The van der Waals surface area contributed by atoms with Gasteiger partial charge in [0.15, 0.2) is 0 Å². The molecule has 4 heteroatoms. The molecule has 5 aromatic rings. The second kappa shape index (κ2) is 14.2. The van der Waals surface area contributed by atoms with Crippen molar-refractivity contribution in [2.75, 3.05) is 0 Å². The molecule has 28 heavy (non-hydrogen) atoms. The molecule has 0 saturated carbocycles. The van der Waals surface area contributed by atoms with E-state index >= 15 is 0 Å². The van der Waals surface area contributed by atoms with Gasteiger partial charge < -0.3 is 30.5 Å². The van der Waals surface area contributed by atoms with Gasteiger partial charge in [-0.05, 0) is 0 Å².